The van der Waals surface area contributed by atoms with Gasteiger partial charge in [-0.25, -0.2) is 0 Å². The fourth-order valence-electron chi connectivity index (χ4n) is 3.64. The lowest BCUT2D eigenvalue weighted by atomic mass is 9.79. The Hall–Kier alpha value is -2.83. The van der Waals surface area contributed by atoms with E-state index < -0.39 is 5.56 Å². The lowest BCUT2D eigenvalue weighted by molar-refractivity contribution is 0.289. The smallest absolute Gasteiger partial charge is 0.294 e. The van der Waals surface area contributed by atoms with E-state index in [1.807, 2.05) is 48.5 Å². The summed E-state index contributed by atoms with van der Waals surface area (Å²) in [5.74, 6) is 1.89. The van der Waals surface area contributed by atoms with Gasteiger partial charge in [0.15, 0.2) is 5.82 Å². The van der Waals surface area contributed by atoms with E-state index in [-0.39, 0.29) is 11.6 Å². The molecule has 152 valence electrons. The maximum Gasteiger partial charge on any atom is 0.294 e. The number of nitrogens with one attached hydrogen (secondary N) is 1. The van der Waals surface area contributed by atoms with Crippen LogP contribution in [0.2, 0.25) is 10.0 Å². The van der Waals surface area contributed by atoms with Crippen molar-refractivity contribution in [1.29, 1.82) is 0 Å². The maximum atomic E-state index is 12.7. The van der Waals surface area contributed by atoms with Gasteiger partial charge in [0, 0.05) is 16.1 Å². The van der Waals surface area contributed by atoms with Crippen LogP contribution < -0.4 is 10.3 Å². The molecule has 1 N–H and O–H groups in total. The molecule has 0 aliphatic heterocycles. The molecule has 5 rings (SSSR count). The van der Waals surface area contributed by atoms with Crippen molar-refractivity contribution < 1.29 is 4.74 Å². The number of fused-ring (bicyclic) bond motifs is 1. The molecule has 0 radical (unpaired) electrons. The van der Waals surface area contributed by atoms with Gasteiger partial charge >= 0.3 is 0 Å². The third-order valence-electron chi connectivity index (χ3n) is 5.45. The zero-order valence-corrected chi connectivity index (χ0v) is 17.5. The monoisotopic (exact) mass is 440 g/mol. The average molecular weight is 441 g/mol. The minimum atomic E-state index is -0.441. The number of H-pyrrole nitrogens is 1. The third-order valence-corrected chi connectivity index (χ3v) is 6.16. The zero-order chi connectivity index (χ0) is 20.7. The summed E-state index contributed by atoms with van der Waals surface area (Å²) in [6.45, 7) is 0.0954. The molecule has 0 unspecified atom stereocenters. The summed E-state index contributed by atoms with van der Waals surface area (Å²) in [7, 11) is 0. The summed E-state index contributed by atoms with van der Waals surface area (Å²) in [5, 5.41) is 5.02. The molecule has 2 aromatic heterocycles. The van der Waals surface area contributed by atoms with Gasteiger partial charge in [-0.2, -0.15) is 9.50 Å². The highest BCUT2D eigenvalue weighted by Gasteiger charge is 2.25. The molecule has 8 heteroatoms. The molecular weight excluding hydrogens is 423 g/mol. The Morgan fingerprint density at radius 2 is 1.90 bits per heavy atom. The van der Waals surface area contributed by atoms with Crippen molar-refractivity contribution in [3.8, 4) is 17.1 Å². The van der Waals surface area contributed by atoms with Crippen LogP contribution in [0.1, 0.15) is 36.4 Å². The second-order valence-electron chi connectivity index (χ2n) is 7.33. The standard InChI is InChI=1S/C22H18Cl2N4O2/c23-15-10-5-11-17(18(15)13-8-4-9-13)30-12-16-19(24)21(29)28-22(25-16)26-20(27-28)14-6-2-1-3-7-14/h1-3,5-7,10-11,13H,4,8-9,12H2,(H,25,26,27). The largest absolute Gasteiger partial charge is 0.487 e. The predicted molar refractivity (Wildman–Crippen MR) is 116 cm³/mol. The van der Waals surface area contributed by atoms with E-state index in [4.69, 9.17) is 27.9 Å². The van der Waals surface area contributed by atoms with Crippen molar-refractivity contribution in [2.24, 2.45) is 0 Å². The number of halogens is 2. The molecule has 2 heterocycles. The third kappa shape index (κ3) is 3.36. The second kappa shape index (κ2) is 7.78. The van der Waals surface area contributed by atoms with Crippen LogP contribution in [0.5, 0.6) is 5.75 Å². The molecule has 1 aliphatic rings. The number of rotatable bonds is 5. The van der Waals surface area contributed by atoms with Crippen molar-refractivity contribution in [2.75, 3.05) is 0 Å². The lowest BCUT2D eigenvalue weighted by Gasteiger charge is -2.28. The topological polar surface area (TPSA) is 72.3 Å². The van der Waals surface area contributed by atoms with Gasteiger partial charge in [-0.1, -0.05) is 66.0 Å². The first-order chi connectivity index (χ1) is 14.6. The Bertz CT molecular complexity index is 1280. The van der Waals surface area contributed by atoms with Crippen LogP contribution in [0.4, 0.5) is 0 Å². The first kappa shape index (κ1) is 19.2. The number of nitrogens with zero attached hydrogens (tertiary/aromatic N) is 3. The molecule has 0 saturated heterocycles. The highest BCUT2D eigenvalue weighted by Crippen LogP contribution is 2.44. The summed E-state index contributed by atoms with van der Waals surface area (Å²) >= 11 is 12.8. The zero-order valence-electron chi connectivity index (χ0n) is 15.9. The predicted octanol–water partition coefficient (Wildman–Crippen LogP) is 5.24. The minimum Gasteiger partial charge on any atom is -0.487 e. The molecule has 0 amide bonds. The maximum absolute atomic E-state index is 12.7. The Kier molecular flexibility index (Phi) is 4.97. The van der Waals surface area contributed by atoms with Gasteiger partial charge in [0.05, 0.1) is 5.69 Å². The van der Waals surface area contributed by atoms with E-state index in [1.54, 1.807) is 0 Å². The lowest BCUT2D eigenvalue weighted by Crippen LogP contribution is -2.19. The first-order valence-electron chi connectivity index (χ1n) is 9.76. The van der Waals surface area contributed by atoms with E-state index in [1.165, 1.54) is 10.9 Å². The van der Waals surface area contributed by atoms with Crippen LogP contribution in [0.15, 0.2) is 53.3 Å². The fraction of sp³-hybridized carbons (Fsp3) is 0.227. The molecule has 30 heavy (non-hydrogen) atoms. The summed E-state index contributed by atoms with van der Waals surface area (Å²) in [5.41, 5.74) is 1.84. The molecule has 0 atom stereocenters. The highest BCUT2D eigenvalue weighted by molar-refractivity contribution is 6.31. The van der Waals surface area contributed by atoms with Crippen LogP contribution in [0.3, 0.4) is 0 Å². The first-order valence-corrected chi connectivity index (χ1v) is 10.5. The van der Waals surface area contributed by atoms with Gasteiger partial charge in [0.25, 0.3) is 5.56 Å². The van der Waals surface area contributed by atoms with E-state index in [2.05, 4.69) is 15.1 Å². The molecule has 1 aliphatic carbocycles. The SMILES string of the molecule is O=c1c(Cl)c(COc2cccc(Cl)c2C2CCC2)[nH]c2nc(-c3ccccc3)nn12. The molecule has 1 fully saturated rings. The van der Waals surface area contributed by atoms with Gasteiger partial charge in [-0.15, -0.1) is 5.10 Å². The van der Waals surface area contributed by atoms with E-state index in [0.717, 1.165) is 29.7 Å². The molecular formula is C22H18Cl2N4O2. The number of benzene rings is 2. The Labute approximate surface area is 182 Å². The molecule has 2 aromatic carbocycles. The average Bonchev–Trinajstić information content (AvgIpc) is 3.15. The number of aromatic nitrogens is 4. The van der Waals surface area contributed by atoms with Crippen LogP contribution in [-0.4, -0.2) is 19.6 Å². The number of hydrogen-bond donors (Lipinski definition) is 1. The summed E-state index contributed by atoms with van der Waals surface area (Å²) in [4.78, 5) is 20.3. The fourth-order valence-corrected chi connectivity index (χ4v) is 4.14. The normalized spacial score (nSPS) is 14.1. The summed E-state index contributed by atoms with van der Waals surface area (Å²) in [6, 6.07) is 15.1. The second-order valence-corrected chi connectivity index (χ2v) is 8.11. The number of aromatic amines is 1. The van der Waals surface area contributed by atoms with Gasteiger partial charge in [-0.05, 0) is 30.9 Å². The Morgan fingerprint density at radius 1 is 1.10 bits per heavy atom. The Morgan fingerprint density at radius 3 is 2.63 bits per heavy atom. The van der Waals surface area contributed by atoms with E-state index in [0.29, 0.717) is 28.2 Å². The molecule has 1 saturated carbocycles. The number of ether oxygens (including phenoxy) is 1. The summed E-state index contributed by atoms with van der Waals surface area (Å²) in [6.07, 6.45) is 3.40. The van der Waals surface area contributed by atoms with Crippen molar-refractivity contribution in [3.63, 3.8) is 0 Å². The van der Waals surface area contributed by atoms with E-state index >= 15 is 0 Å². The van der Waals surface area contributed by atoms with Crippen LogP contribution in [0, 0.1) is 0 Å². The Balaban J connectivity index is 1.48. The van der Waals surface area contributed by atoms with Crippen LogP contribution in [-0.2, 0) is 6.61 Å². The summed E-state index contributed by atoms with van der Waals surface area (Å²) < 4.78 is 7.21. The molecule has 0 spiro atoms. The van der Waals surface area contributed by atoms with Crippen molar-refractivity contribution in [3.05, 3.63) is 80.2 Å². The van der Waals surface area contributed by atoms with Gasteiger partial charge in [0.1, 0.15) is 17.4 Å². The van der Waals surface area contributed by atoms with E-state index in [9.17, 15) is 4.79 Å². The van der Waals surface area contributed by atoms with Gasteiger partial charge < -0.3 is 9.72 Å². The molecule has 4 aromatic rings. The van der Waals surface area contributed by atoms with Crippen molar-refractivity contribution in [2.45, 2.75) is 31.8 Å². The molecule has 6 nitrogen and oxygen atoms in total. The van der Waals surface area contributed by atoms with Crippen molar-refractivity contribution in [1.82, 2.24) is 19.6 Å². The van der Waals surface area contributed by atoms with Crippen LogP contribution in [0.25, 0.3) is 17.2 Å². The minimum absolute atomic E-state index is 0.0271. The van der Waals surface area contributed by atoms with Gasteiger partial charge in [0.2, 0.25) is 5.78 Å². The molecule has 0 bridgehead atoms. The number of hydrogen-bond acceptors (Lipinski definition) is 4. The quantitative estimate of drug-likeness (QED) is 0.460. The van der Waals surface area contributed by atoms with Gasteiger partial charge in [-0.3, -0.25) is 4.79 Å². The van der Waals surface area contributed by atoms with Crippen LogP contribution >= 0.6 is 23.2 Å². The highest BCUT2D eigenvalue weighted by atomic mass is 35.5. The van der Waals surface area contributed by atoms with Crippen molar-refractivity contribution >= 4 is 29.0 Å².